The number of anilines is 1. The van der Waals surface area contributed by atoms with Crippen molar-refractivity contribution in [2.45, 2.75) is 6.92 Å². The molecule has 4 heteroatoms. The molecule has 2 N–H and O–H groups in total. The van der Waals surface area contributed by atoms with Crippen LogP contribution < -0.4 is 10.5 Å². The second-order valence-electron chi connectivity index (χ2n) is 4.84. The molecule has 0 unspecified atom stereocenters. The molecule has 0 saturated heterocycles. The molecular formula is C17H16N2O2. The van der Waals surface area contributed by atoms with Crippen molar-refractivity contribution in [3.63, 3.8) is 0 Å². The molecule has 0 aliphatic rings. The van der Waals surface area contributed by atoms with E-state index in [-0.39, 0.29) is 0 Å². The van der Waals surface area contributed by atoms with Gasteiger partial charge in [0.1, 0.15) is 17.1 Å². The lowest BCUT2D eigenvalue weighted by Gasteiger charge is -2.03. The van der Waals surface area contributed by atoms with Crippen LogP contribution in [0.15, 0.2) is 40.9 Å². The van der Waals surface area contributed by atoms with Gasteiger partial charge in [-0.2, -0.15) is 0 Å². The van der Waals surface area contributed by atoms with E-state index in [1.807, 2.05) is 36.4 Å². The Balaban J connectivity index is 1.92. The first-order chi connectivity index (χ1) is 10.2. The number of ether oxygens (including phenoxy) is 1. The van der Waals surface area contributed by atoms with Crippen LogP contribution in [-0.4, -0.2) is 12.3 Å². The summed E-state index contributed by atoms with van der Waals surface area (Å²) in [6.07, 6.45) is 3.83. The van der Waals surface area contributed by atoms with Gasteiger partial charge in [0, 0.05) is 0 Å². The summed E-state index contributed by atoms with van der Waals surface area (Å²) < 4.78 is 10.3. The van der Waals surface area contributed by atoms with E-state index >= 15 is 0 Å². The minimum Gasteiger partial charge on any atom is -0.497 e. The number of nitrogens with two attached hydrogens (primary N) is 1. The minimum absolute atomic E-state index is 0.580. The van der Waals surface area contributed by atoms with E-state index < -0.39 is 0 Å². The van der Waals surface area contributed by atoms with Crippen LogP contribution in [0, 0.1) is 6.92 Å². The van der Waals surface area contributed by atoms with Gasteiger partial charge in [0.2, 0.25) is 0 Å². The van der Waals surface area contributed by atoms with Gasteiger partial charge in [0.05, 0.1) is 7.11 Å². The molecule has 0 saturated carbocycles. The Morgan fingerprint density at radius 1 is 1.10 bits per heavy atom. The Hall–Kier alpha value is -2.75. The molecule has 4 nitrogen and oxygen atoms in total. The maximum absolute atomic E-state index is 5.87. The number of nitrogens with zero attached hydrogens (tertiary/aromatic N) is 1. The maximum Gasteiger partial charge on any atom is 0.157 e. The van der Waals surface area contributed by atoms with Gasteiger partial charge in [-0.1, -0.05) is 29.4 Å². The summed E-state index contributed by atoms with van der Waals surface area (Å²) in [6.45, 7) is 1.79. The van der Waals surface area contributed by atoms with Gasteiger partial charge >= 0.3 is 0 Å². The SMILES string of the molecule is COc1ccc2cc(/C=C/c3noc(C)c3N)ccc2c1. The molecular weight excluding hydrogens is 264 g/mol. The first-order valence-electron chi connectivity index (χ1n) is 6.65. The Labute approximate surface area is 122 Å². The van der Waals surface area contributed by atoms with Crippen LogP contribution in [0.1, 0.15) is 17.0 Å². The first kappa shape index (κ1) is 13.2. The smallest absolute Gasteiger partial charge is 0.157 e. The summed E-state index contributed by atoms with van der Waals surface area (Å²) in [6, 6.07) is 12.2. The van der Waals surface area contributed by atoms with Crippen LogP contribution >= 0.6 is 0 Å². The topological polar surface area (TPSA) is 61.3 Å². The van der Waals surface area contributed by atoms with Crippen molar-refractivity contribution in [2.24, 2.45) is 0 Å². The van der Waals surface area contributed by atoms with E-state index in [9.17, 15) is 0 Å². The van der Waals surface area contributed by atoms with Gasteiger partial charge in [-0.25, -0.2) is 0 Å². The molecule has 21 heavy (non-hydrogen) atoms. The van der Waals surface area contributed by atoms with Gasteiger partial charge in [0.15, 0.2) is 5.76 Å². The monoisotopic (exact) mass is 280 g/mol. The van der Waals surface area contributed by atoms with Crippen LogP contribution in [0.25, 0.3) is 22.9 Å². The molecule has 0 amide bonds. The van der Waals surface area contributed by atoms with Gasteiger partial charge in [-0.3, -0.25) is 0 Å². The third-order valence-electron chi connectivity index (χ3n) is 3.44. The van der Waals surface area contributed by atoms with E-state index in [0.717, 1.165) is 22.1 Å². The zero-order valence-corrected chi connectivity index (χ0v) is 12.0. The lowest BCUT2D eigenvalue weighted by atomic mass is 10.1. The predicted octanol–water partition coefficient (Wildman–Crippen LogP) is 3.90. The van der Waals surface area contributed by atoms with E-state index in [2.05, 4.69) is 17.3 Å². The van der Waals surface area contributed by atoms with Crippen molar-refractivity contribution < 1.29 is 9.26 Å². The quantitative estimate of drug-likeness (QED) is 0.790. The van der Waals surface area contributed by atoms with Crippen LogP contribution in [0.4, 0.5) is 5.69 Å². The zero-order valence-electron chi connectivity index (χ0n) is 12.0. The number of hydrogen-bond donors (Lipinski definition) is 1. The molecule has 0 fully saturated rings. The molecule has 106 valence electrons. The third kappa shape index (κ3) is 2.60. The minimum atomic E-state index is 0.580. The maximum atomic E-state index is 5.87. The van der Waals surface area contributed by atoms with Crippen molar-refractivity contribution in [3.8, 4) is 5.75 Å². The summed E-state index contributed by atoms with van der Waals surface area (Å²) in [5, 5.41) is 6.21. The summed E-state index contributed by atoms with van der Waals surface area (Å²) in [5.41, 5.74) is 8.18. The van der Waals surface area contributed by atoms with Crippen molar-refractivity contribution in [1.29, 1.82) is 0 Å². The Bertz CT molecular complexity index is 819. The lowest BCUT2D eigenvalue weighted by molar-refractivity contribution is 0.397. The molecule has 0 atom stereocenters. The highest BCUT2D eigenvalue weighted by molar-refractivity contribution is 5.87. The second kappa shape index (κ2) is 5.32. The van der Waals surface area contributed by atoms with Gasteiger partial charge in [0.25, 0.3) is 0 Å². The number of rotatable bonds is 3. The highest BCUT2D eigenvalue weighted by atomic mass is 16.5. The number of fused-ring (bicyclic) bond motifs is 1. The highest BCUT2D eigenvalue weighted by Gasteiger charge is 2.05. The molecule has 2 aromatic carbocycles. The number of methoxy groups -OCH3 is 1. The standard InChI is InChI=1S/C17H16N2O2/c1-11-17(18)16(19-21-11)8-4-12-3-5-14-10-15(20-2)7-6-13(14)9-12/h3-10H,18H2,1-2H3/b8-4+. The Morgan fingerprint density at radius 3 is 2.57 bits per heavy atom. The Morgan fingerprint density at radius 2 is 1.86 bits per heavy atom. The molecule has 0 aliphatic heterocycles. The normalized spacial score (nSPS) is 11.3. The number of hydrogen-bond acceptors (Lipinski definition) is 4. The molecule has 0 spiro atoms. The van der Waals surface area contributed by atoms with E-state index in [0.29, 0.717) is 17.1 Å². The highest BCUT2D eigenvalue weighted by Crippen LogP contribution is 2.23. The molecule has 1 aromatic heterocycles. The summed E-state index contributed by atoms with van der Waals surface area (Å²) in [4.78, 5) is 0. The number of nitrogen functional groups attached to an aromatic ring is 1. The van der Waals surface area contributed by atoms with Crippen LogP contribution in [0.2, 0.25) is 0 Å². The summed E-state index contributed by atoms with van der Waals surface area (Å²) in [5.74, 6) is 1.50. The zero-order chi connectivity index (χ0) is 14.8. The van der Waals surface area contributed by atoms with E-state index in [4.69, 9.17) is 15.0 Å². The number of aryl methyl sites for hydroxylation is 1. The fourth-order valence-electron chi connectivity index (χ4n) is 2.16. The number of benzene rings is 2. The molecule has 0 radical (unpaired) electrons. The van der Waals surface area contributed by atoms with Crippen molar-refractivity contribution in [2.75, 3.05) is 12.8 Å². The van der Waals surface area contributed by atoms with Crippen molar-refractivity contribution in [1.82, 2.24) is 5.16 Å². The van der Waals surface area contributed by atoms with Crippen LogP contribution in [0.3, 0.4) is 0 Å². The summed E-state index contributed by atoms with van der Waals surface area (Å²) >= 11 is 0. The predicted molar refractivity (Wildman–Crippen MR) is 85.1 cm³/mol. The van der Waals surface area contributed by atoms with E-state index in [1.165, 1.54) is 0 Å². The fraction of sp³-hybridized carbons (Fsp3) is 0.118. The second-order valence-corrected chi connectivity index (χ2v) is 4.84. The average Bonchev–Trinajstić information content (AvgIpc) is 2.84. The van der Waals surface area contributed by atoms with Gasteiger partial charge < -0.3 is 15.0 Å². The number of aromatic nitrogens is 1. The lowest BCUT2D eigenvalue weighted by Crippen LogP contribution is -1.87. The first-order valence-corrected chi connectivity index (χ1v) is 6.65. The van der Waals surface area contributed by atoms with Crippen LogP contribution in [-0.2, 0) is 0 Å². The molecule has 0 aliphatic carbocycles. The van der Waals surface area contributed by atoms with Crippen molar-refractivity contribution in [3.05, 3.63) is 53.4 Å². The van der Waals surface area contributed by atoms with Gasteiger partial charge in [-0.05, 0) is 47.5 Å². The van der Waals surface area contributed by atoms with Crippen LogP contribution in [0.5, 0.6) is 5.75 Å². The molecule has 3 rings (SSSR count). The largest absolute Gasteiger partial charge is 0.497 e. The van der Waals surface area contributed by atoms with Crippen molar-refractivity contribution >= 4 is 28.6 Å². The third-order valence-corrected chi connectivity index (χ3v) is 3.44. The average molecular weight is 280 g/mol. The van der Waals surface area contributed by atoms with Gasteiger partial charge in [-0.15, -0.1) is 0 Å². The molecule has 1 heterocycles. The van der Waals surface area contributed by atoms with E-state index in [1.54, 1.807) is 14.0 Å². The molecule has 0 bridgehead atoms. The Kier molecular flexibility index (Phi) is 3.36. The molecule has 3 aromatic rings. The fourth-order valence-corrected chi connectivity index (χ4v) is 2.16. The summed E-state index contributed by atoms with van der Waals surface area (Å²) in [7, 11) is 1.67.